The van der Waals surface area contributed by atoms with Gasteiger partial charge >= 0.3 is 0 Å². The van der Waals surface area contributed by atoms with Crippen molar-refractivity contribution in [3.63, 3.8) is 0 Å². The molecule has 94 valence electrons. The molecule has 0 radical (unpaired) electrons. The molecule has 4 aromatic rings. The second kappa shape index (κ2) is 4.22. The van der Waals surface area contributed by atoms with E-state index in [2.05, 4.69) is 30.5 Å². The number of para-hydroxylation sites is 1. The van der Waals surface area contributed by atoms with Gasteiger partial charge < -0.3 is 0 Å². The van der Waals surface area contributed by atoms with Crippen LogP contribution >= 0.6 is 11.3 Å². The number of hydrogen-bond donors (Lipinski definition) is 0. The van der Waals surface area contributed by atoms with Crippen LogP contribution in [0.3, 0.4) is 0 Å². The van der Waals surface area contributed by atoms with Gasteiger partial charge in [-0.3, -0.25) is 0 Å². The van der Waals surface area contributed by atoms with E-state index in [0.717, 1.165) is 21.5 Å². The summed E-state index contributed by atoms with van der Waals surface area (Å²) in [6.45, 7) is 0. The van der Waals surface area contributed by atoms with E-state index in [4.69, 9.17) is 0 Å². The van der Waals surface area contributed by atoms with Gasteiger partial charge in [0.15, 0.2) is 6.19 Å². The first-order valence-corrected chi connectivity index (χ1v) is 7.18. The number of nitriles is 1. The third kappa shape index (κ3) is 1.56. The van der Waals surface area contributed by atoms with Crippen LogP contribution < -0.4 is 0 Å². The molecule has 0 fully saturated rings. The molecule has 0 aliphatic carbocycles. The molecule has 0 aliphatic rings. The van der Waals surface area contributed by atoms with Crippen molar-refractivity contribution < 1.29 is 0 Å². The van der Waals surface area contributed by atoms with Crippen LogP contribution in [0, 0.1) is 11.5 Å². The zero-order chi connectivity index (χ0) is 13.5. The van der Waals surface area contributed by atoms with Crippen molar-refractivity contribution in [1.29, 1.82) is 5.26 Å². The van der Waals surface area contributed by atoms with Crippen LogP contribution in [0.15, 0.2) is 60.7 Å². The van der Waals surface area contributed by atoms with Crippen LogP contribution in [0.4, 0.5) is 0 Å². The van der Waals surface area contributed by atoms with Crippen molar-refractivity contribution in [3.8, 4) is 16.8 Å². The summed E-state index contributed by atoms with van der Waals surface area (Å²) in [5.41, 5.74) is 1.93. The molecule has 2 aromatic carbocycles. The monoisotopic (exact) mass is 274 g/mol. The first-order chi connectivity index (χ1) is 9.86. The Morgan fingerprint density at radius 3 is 2.45 bits per heavy atom. The Hall–Kier alpha value is -2.57. The molecule has 0 unspecified atom stereocenters. The highest BCUT2D eigenvalue weighted by Crippen LogP contribution is 2.36. The number of hydrogen-bond acceptors (Lipinski definition) is 2. The minimum Gasteiger partial charge on any atom is -0.246 e. The van der Waals surface area contributed by atoms with E-state index < -0.39 is 0 Å². The molecule has 0 aliphatic heterocycles. The fourth-order valence-corrected chi connectivity index (χ4v) is 3.62. The summed E-state index contributed by atoms with van der Waals surface area (Å²) in [4.78, 5) is 1.13. The lowest BCUT2D eigenvalue weighted by Crippen LogP contribution is -1.89. The van der Waals surface area contributed by atoms with E-state index >= 15 is 0 Å². The molecule has 0 saturated carbocycles. The number of fused-ring (bicyclic) bond motifs is 2. The predicted octanol–water partition coefficient (Wildman–Crippen LogP) is 4.85. The lowest BCUT2D eigenvalue weighted by Gasteiger charge is -1.97. The number of thiophene rings is 1. The van der Waals surface area contributed by atoms with Gasteiger partial charge in [0.1, 0.15) is 0 Å². The number of nitrogens with zero attached hydrogens (tertiary/aromatic N) is 2. The quantitative estimate of drug-likeness (QED) is 0.487. The van der Waals surface area contributed by atoms with E-state index in [1.54, 1.807) is 15.9 Å². The summed E-state index contributed by atoms with van der Waals surface area (Å²) < 4.78 is 2.96. The van der Waals surface area contributed by atoms with Gasteiger partial charge in [-0.25, -0.2) is 4.57 Å². The smallest absolute Gasteiger partial charge is 0.189 e. The Morgan fingerprint density at radius 2 is 1.65 bits per heavy atom. The molecule has 0 saturated heterocycles. The maximum Gasteiger partial charge on any atom is 0.189 e. The minimum atomic E-state index is 0.961. The summed E-state index contributed by atoms with van der Waals surface area (Å²) in [7, 11) is 0. The molecule has 2 nitrogen and oxygen atoms in total. The van der Waals surface area contributed by atoms with Gasteiger partial charge in [-0.15, -0.1) is 11.3 Å². The molecule has 2 aromatic heterocycles. The van der Waals surface area contributed by atoms with E-state index in [9.17, 15) is 5.26 Å². The second-order valence-electron chi connectivity index (χ2n) is 4.67. The maximum absolute atomic E-state index is 9.46. The van der Waals surface area contributed by atoms with Crippen LogP contribution in [-0.2, 0) is 0 Å². The van der Waals surface area contributed by atoms with Crippen molar-refractivity contribution in [2.45, 2.75) is 0 Å². The maximum atomic E-state index is 9.46. The Balaban J connectivity index is 2.04. The molecular formula is C17H10N2S. The Labute approximate surface area is 120 Å². The van der Waals surface area contributed by atoms with Crippen molar-refractivity contribution in [2.75, 3.05) is 0 Å². The molecular weight excluding hydrogens is 264 g/mol. The van der Waals surface area contributed by atoms with Crippen molar-refractivity contribution in [1.82, 2.24) is 4.57 Å². The van der Waals surface area contributed by atoms with Crippen LogP contribution in [0.25, 0.3) is 31.6 Å². The lowest BCUT2D eigenvalue weighted by atomic mass is 10.2. The van der Waals surface area contributed by atoms with Crippen molar-refractivity contribution in [2.24, 2.45) is 0 Å². The van der Waals surface area contributed by atoms with Gasteiger partial charge in [0.25, 0.3) is 0 Å². The van der Waals surface area contributed by atoms with Crippen molar-refractivity contribution in [3.05, 3.63) is 60.7 Å². The standard InChI is InChI=1S/C17H10N2S/c18-11-19-14-7-3-1-5-12(14)9-15(19)17-10-13-6-2-4-8-16(13)20-17/h1-10H. The highest BCUT2D eigenvalue weighted by Gasteiger charge is 2.12. The molecule has 0 N–H and O–H groups in total. The third-order valence-electron chi connectivity index (χ3n) is 3.49. The van der Waals surface area contributed by atoms with Crippen LogP contribution in [0.2, 0.25) is 0 Å². The zero-order valence-electron chi connectivity index (χ0n) is 10.6. The van der Waals surface area contributed by atoms with E-state index in [1.165, 1.54) is 10.1 Å². The molecule has 4 rings (SSSR count). The Morgan fingerprint density at radius 1 is 0.900 bits per heavy atom. The first-order valence-electron chi connectivity index (χ1n) is 6.36. The molecule has 0 atom stereocenters. The van der Waals surface area contributed by atoms with E-state index in [1.807, 2.05) is 36.4 Å². The fourth-order valence-electron chi connectivity index (χ4n) is 2.55. The lowest BCUT2D eigenvalue weighted by molar-refractivity contribution is 1.16. The SMILES string of the molecule is N#Cn1c(-c2cc3ccccc3s2)cc2ccccc21. The number of benzene rings is 2. The summed E-state index contributed by atoms with van der Waals surface area (Å²) >= 11 is 1.72. The fraction of sp³-hybridized carbons (Fsp3) is 0. The van der Waals surface area contributed by atoms with Gasteiger partial charge in [-0.2, -0.15) is 5.26 Å². The van der Waals surface area contributed by atoms with Gasteiger partial charge in [0, 0.05) is 10.1 Å². The number of rotatable bonds is 1. The van der Waals surface area contributed by atoms with E-state index in [-0.39, 0.29) is 0 Å². The topological polar surface area (TPSA) is 28.7 Å². The average molecular weight is 274 g/mol. The molecule has 20 heavy (non-hydrogen) atoms. The Bertz CT molecular complexity index is 936. The Kier molecular flexibility index (Phi) is 2.38. The van der Waals surface area contributed by atoms with Crippen molar-refractivity contribution >= 4 is 32.3 Å². The zero-order valence-corrected chi connectivity index (χ0v) is 11.4. The van der Waals surface area contributed by atoms with Gasteiger partial charge in [0.2, 0.25) is 0 Å². The molecule has 0 bridgehead atoms. The number of aromatic nitrogens is 1. The molecule has 0 spiro atoms. The average Bonchev–Trinajstić information content (AvgIpc) is 3.07. The highest BCUT2D eigenvalue weighted by molar-refractivity contribution is 7.22. The first kappa shape index (κ1) is 11.3. The van der Waals surface area contributed by atoms with Crippen LogP contribution in [0.1, 0.15) is 0 Å². The van der Waals surface area contributed by atoms with Gasteiger partial charge in [0.05, 0.1) is 16.1 Å². The van der Waals surface area contributed by atoms with Gasteiger partial charge in [-0.1, -0.05) is 36.4 Å². The predicted molar refractivity (Wildman–Crippen MR) is 83.8 cm³/mol. The van der Waals surface area contributed by atoms with E-state index in [0.29, 0.717) is 0 Å². The second-order valence-corrected chi connectivity index (χ2v) is 5.76. The van der Waals surface area contributed by atoms with Crippen LogP contribution in [0.5, 0.6) is 0 Å². The normalized spacial score (nSPS) is 10.9. The molecule has 3 heteroatoms. The minimum absolute atomic E-state index is 0.961. The molecule has 2 heterocycles. The highest BCUT2D eigenvalue weighted by atomic mass is 32.1. The third-order valence-corrected chi connectivity index (χ3v) is 4.63. The summed E-state index contributed by atoms with van der Waals surface area (Å²) in [5.74, 6) is 0. The van der Waals surface area contributed by atoms with Crippen LogP contribution in [-0.4, -0.2) is 4.57 Å². The summed E-state index contributed by atoms with van der Waals surface area (Å²) in [5, 5.41) is 11.8. The summed E-state index contributed by atoms with van der Waals surface area (Å²) in [6, 6.07) is 20.5. The summed E-state index contributed by atoms with van der Waals surface area (Å²) in [6.07, 6.45) is 2.28. The van der Waals surface area contributed by atoms with Gasteiger partial charge in [-0.05, 0) is 29.7 Å². The largest absolute Gasteiger partial charge is 0.246 e. The molecule has 0 amide bonds.